The second-order valence-electron chi connectivity index (χ2n) is 8.14. The van der Waals surface area contributed by atoms with E-state index in [9.17, 15) is 4.79 Å². The van der Waals surface area contributed by atoms with Crippen LogP contribution in [0.2, 0.25) is 0 Å². The van der Waals surface area contributed by atoms with Crippen LogP contribution in [0.4, 0.5) is 0 Å². The van der Waals surface area contributed by atoms with Gasteiger partial charge in [-0.2, -0.15) is 0 Å². The molecule has 3 heterocycles. The van der Waals surface area contributed by atoms with Crippen molar-refractivity contribution in [2.75, 3.05) is 13.2 Å². The zero-order valence-corrected chi connectivity index (χ0v) is 17.9. The predicted octanol–water partition coefficient (Wildman–Crippen LogP) is 3.82. The molecule has 0 radical (unpaired) electrons. The number of aromatic nitrogens is 3. The molecule has 0 aliphatic carbocycles. The Morgan fingerprint density at radius 3 is 2.61 bits per heavy atom. The molecule has 0 saturated carbocycles. The number of nitrogens with one attached hydrogen (secondary N) is 1. The second-order valence-corrected chi connectivity index (χ2v) is 8.14. The molecule has 6 rings (SSSR count). The summed E-state index contributed by atoms with van der Waals surface area (Å²) in [7, 11) is 0. The molecule has 33 heavy (non-hydrogen) atoms. The van der Waals surface area contributed by atoms with E-state index in [1.54, 1.807) is 6.07 Å². The van der Waals surface area contributed by atoms with E-state index >= 15 is 0 Å². The molecule has 0 amide bonds. The van der Waals surface area contributed by atoms with Crippen LogP contribution in [-0.2, 0) is 13.1 Å². The summed E-state index contributed by atoms with van der Waals surface area (Å²) in [4.78, 5) is 20.8. The minimum atomic E-state index is -0.243. The molecule has 164 valence electrons. The molecule has 3 N–H and O–H groups in total. The summed E-state index contributed by atoms with van der Waals surface area (Å²) in [5, 5.41) is 0.974. The van der Waals surface area contributed by atoms with E-state index in [1.807, 2.05) is 42.6 Å². The minimum Gasteiger partial charge on any atom is -0.486 e. The highest BCUT2D eigenvalue weighted by Gasteiger charge is 2.18. The van der Waals surface area contributed by atoms with Crippen molar-refractivity contribution >= 4 is 21.9 Å². The van der Waals surface area contributed by atoms with Crippen molar-refractivity contribution in [3.8, 4) is 22.8 Å². The van der Waals surface area contributed by atoms with Crippen LogP contribution in [0.5, 0.6) is 11.5 Å². The van der Waals surface area contributed by atoms with Crippen molar-refractivity contribution < 1.29 is 9.47 Å². The SMILES string of the molecule is NCc1cccc(Cn2cc(-c3nc4cc5c(cc4[nH]c3=O)OCCO5)c3ccccc32)c1. The molecule has 7 heteroatoms. The molecular weight excluding hydrogens is 416 g/mol. The molecule has 0 bridgehead atoms. The van der Waals surface area contributed by atoms with E-state index in [1.165, 1.54) is 0 Å². The number of rotatable bonds is 4. The molecular formula is C26H22N4O3. The van der Waals surface area contributed by atoms with Gasteiger partial charge < -0.3 is 24.8 Å². The number of para-hydroxylation sites is 1. The van der Waals surface area contributed by atoms with E-state index in [2.05, 4.69) is 27.8 Å². The van der Waals surface area contributed by atoms with Crippen LogP contribution in [0.15, 0.2) is 71.7 Å². The standard InChI is InChI=1S/C26H22N4O3/c27-13-16-4-3-5-17(10-16)14-30-15-19(18-6-1-2-7-22(18)30)25-26(31)29-21-12-24-23(11-20(21)28-25)32-8-9-33-24/h1-7,10-12,15H,8-9,13-14,27H2,(H,29,31). The summed E-state index contributed by atoms with van der Waals surface area (Å²) in [6.45, 7) is 2.15. The summed E-state index contributed by atoms with van der Waals surface area (Å²) in [6.07, 6.45) is 2.00. The Labute approximate surface area is 189 Å². The van der Waals surface area contributed by atoms with Gasteiger partial charge in [-0.3, -0.25) is 4.79 Å². The van der Waals surface area contributed by atoms with Gasteiger partial charge in [-0.25, -0.2) is 4.98 Å². The van der Waals surface area contributed by atoms with Gasteiger partial charge in [0.1, 0.15) is 18.9 Å². The Morgan fingerprint density at radius 1 is 0.970 bits per heavy atom. The number of nitrogens with two attached hydrogens (primary N) is 1. The fraction of sp³-hybridized carbons (Fsp3) is 0.154. The van der Waals surface area contributed by atoms with Crippen molar-refractivity contribution in [2.45, 2.75) is 13.1 Å². The number of ether oxygens (including phenoxy) is 2. The summed E-state index contributed by atoms with van der Waals surface area (Å²) in [5.74, 6) is 1.26. The first-order valence-electron chi connectivity index (χ1n) is 10.9. The molecule has 0 spiro atoms. The minimum absolute atomic E-state index is 0.243. The van der Waals surface area contributed by atoms with E-state index in [4.69, 9.17) is 20.2 Å². The number of hydrogen-bond donors (Lipinski definition) is 2. The Morgan fingerprint density at radius 2 is 1.76 bits per heavy atom. The third-order valence-electron chi connectivity index (χ3n) is 5.98. The lowest BCUT2D eigenvalue weighted by molar-refractivity contribution is 0.172. The average molecular weight is 438 g/mol. The Bertz CT molecular complexity index is 1570. The number of H-pyrrole nitrogens is 1. The van der Waals surface area contributed by atoms with E-state index in [-0.39, 0.29) is 5.56 Å². The summed E-state index contributed by atoms with van der Waals surface area (Å²) in [6, 6.07) is 19.9. The highest BCUT2D eigenvalue weighted by molar-refractivity contribution is 5.96. The first-order valence-corrected chi connectivity index (χ1v) is 10.9. The Hall–Kier alpha value is -4.10. The van der Waals surface area contributed by atoms with E-state index in [0.717, 1.165) is 27.6 Å². The molecule has 1 aliphatic rings. The van der Waals surface area contributed by atoms with Crippen LogP contribution >= 0.6 is 0 Å². The molecule has 7 nitrogen and oxygen atoms in total. The normalized spacial score (nSPS) is 13.0. The monoisotopic (exact) mass is 438 g/mol. The molecule has 5 aromatic rings. The number of hydrogen-bond acceptors (Lipinski definition) is 5. The topological polar surface area (TPSA) is 95.2 Å². The lowest BCUT2D eigenvalue weighted by Crippen LogP contribution is -2.16. The Kier molecular flexibility index (Phi) is 4.62. The molecule has 3 aromatic carbocycles. The van der Waals surface area contributed by atoms with Gasteiger partial charge in [0.2, 0.25) is 0 Å². The predicted molar refractivity (Wildman–Crippen MR) is 128 cm³/mol. The van der Waals surface area contributed by atoms with Gasteiger partial charge >= 0.3 is 0 Å². The fourth-order valence-corrected chi connectivity index (χ4v) is 4.42. The molecule has 2 aromatic heterocycles. The number of benzene rings is 3. The van der Waals surface area contributed by atoms with Gasteiger partial charge in [-0.1, -0.05) is 42.5 Å². The smallest absolute Gasteiger partial charge is 0.275 e. The van der Waals surface area contributed by atoms with Crippen LogP contribution < -0.4 is 20.8 Å². The molecule has 1 aliphatic heterocycles. The zero-order chi connectivity index (χ0) is 22.4. The second kappa shape index (κ2) is 7.79. The summed E-state index contributed by atoms with van der Waals surface area (Å²) >= 11 is 0. The van der Waals surface area contributed by atoms with Crippen LogP contribution in [0.3, 0.4) is 0 Å². The van der Waals surface area contributed by atoms with Crippen molar-refractivity contribution in [3.05, 3.63) is 88.3 Å². The molecule has 0 saturated heterocycles. The highest BCUT2D eigenvalue weighted by atomic mass is 16.6. The maximum atomic E-state index is 13.1. The van der Waals surface area contributed by atoms with Crippen molar-refractivity contribution in [3.63, 3.8) is 0 Å². The van der Waals surface area contributed by atoms with Gasteiger partial charge in [0.25, 0.3) is 5.56 Å². The van der Waals surface area contributed by atoms with Crippen LogP contribution in [-0.4, -0.2) is 27.7 Å². The lowest BCUT2D eigenvalue weighted by Gasteiger charge is -2.18. The van der Waals surface area contributed by atoms with Gasteiger partial charge in [-0.05, 0) is 17.2 Å². The Balaban J connectivity index is 1.50. The number of aromatic amines is 1. The first kappa shape index (κ1) is 19.6. The van der Waals surface area contributed by atoms with Crippen LogP contribution in [0.25, 0.3) is 33.2 Å². The number of fused-ring (bicyclic) bond motifs is 3. The maximum Gasteiger partial charge on any atom is 0.275 e. The quantitative estimate of drug-likeness (QED) is 0.445. The molecule has 0 atom stereocenters. The van der Waals surface area contributed by atoms with Crippen molar-refractivity contribution in [2.24, 2.45) is 5.73 Å². The number of nitrogens with zero attached hydrogens (tertiary/aromatic N) is 2. The van der Waals surface area contributed by atoms with Crippen molar-refractivity contribution in [1.82, 2.24) is 14.5 Å². The zero-order valence-electron chi connectivity index (χ0n) is 17.9. The largest absolute Gasteiger partial charge is 0.486 e. The van der Waals surface area contributed by atoms with Gasteiger partial charge in [-0.15, -0.1) is 0 Å². The van der Waals surface area contributed by atoms with Gasteiger partial charge in [0, 0.05) is 47.9 Å². The third-order valence-corrected chi connectivity index (χ3v) is 5.98. The molecule has 0 fully saturated rings. The summed E-state index contributed by atoms with van der Waals surface area (Å²) in [5.41, 5.74) is 11.3. The highest BCUT2D eigenvalue weighted by Crippen LogP contribution is 2.34. The molecule has 0 unspecified atom stereocenters. The van der Waals surface area contributed by atoms with Crippen LogP contribution in [0, 0.1) is 0 Å². The lowest BCUT2D eigenvalue weighted by atomic mass is 10.1. The third kappa shape index (κ3) is 3.43. The average Bonchev–Trinajstić information content (AvgIpc) is 3.20. The summed E-state index contributed by atoms with van der Waals surface area (Å²) < 4.78 is 13.5. The van der Waals surface area contributed by atoms with E-state index in [0.29, 0.717) is 54.5 Å². The van der Waals surface area contributed by atoms with E-state index < -0.39 is 0 Å². The van der Waals surface area contributed by atoms with Gasteiger partial charge in [0.05, 0.1) is 11.0 Å². The first-order chi connectivity index (χ1) is 16.2. The van der Waals surface area contributed by atoms with Crippen LogP contribution in [0.1, 0.15) is 11.1 Å². The maximum absolute atomic E-state index is 13.1. The van der Waals surface area contributed by atoms with Gasteiger partial charge in [0.15, 0.2) is 11.5 Å². The fourth-order valence-electron chi connectivity index (χ4n) is 4.42. The van der Waals surface area contributed by atoms with Crippen molar-refractivity contribution in [1.29, 1.82) is 0 Å².